The van der Waals surface area contributed by atoms with Gasteiger partial charge in [0.15, 0.2) is 12.0 Å². The monoisotopic (exact) mass is 1100 g/mol. The van der Waals surface area contributed by atoms with Gasteiger partial charge in [0.2, 0.25) is 0 Å². The van der Waals surface area contributed by atoms with Crippen LogP contribution in [0.25, 0.3) is 20.2 Å². The average molecular weight is 1100 g/mol. The van der Waals surface area contributed by atoms with Crippen LogP contribution >= 0.6 is 11.3 Å². The third kappa shape index (κ3) is 26.0. The van der Waals surface area contributed by atoms with Crippen LogP contribution in [0.1, 0.15) is 72.7 Å². The van der Waals surface area contributed by atoms with Crippen LogP contribution in [0, 0.1) is 0 Å². The predicted molar refractivity (Wildman–Crippen MR) is 295 cm³/mol. The first kappa shape index (κ1) is 65.1. The topological polar surface area (TPSA) is 215 Å². The number of fused-ring (bicyclic) bond motifs is 2. The van der Waals surface area contributed by atoms with Crippen molar-refractivity contribution in [3.8, 4) is 5.75 Å². The number of aliphatic hydroxyl groups is 2. The van der Waals surface area contributed by atoms with Crippen LogP contribution < -0.4 is 15.1 Å². The third-order valence-electron chi connectivity index (χ3n) is 11.5. The van der Waals surface area contributed by atoms with E-state index >= 15 is 0 Å². The maximum absolute atomic E-state index is 13.0. The Bertz CT molecular complexity index is 2350. The highest BCUT2D eigenvalue weighted by Crippen LogP contribution is 2.27. The van der Waals surface area contributed by atoms with Gasteiger partial charge in [-0.3, -0.25) is 4.79 Å². The first-order valence-corrected chi connectivity index (χ1v) is 27.2. The summed E-state index contributed by atoms with van der Waals surface area (Å²) in [5.41, 5.74) is 1.28. The summed E-state index contributed by atoms with van der Waals surface area (Å²) in [6.45, 7) is 19.5. The molecular formula is C57H85NO18S. The SMILES string of the molecule is CC(COCC(O)COC(=O)COc1ccc2sc3ccccc3c(=O)c2c1)OCC(C)OCC(C)OCC(C)OCC(C)OCC(C)OCC(C)OCC(C)OCC(C)OCC(O)COC(=O)c1ccc(N(C)C)cc1. The molecule has 0 saturated carbocycles. The number of hydrogen-bond donors (Lipinski definition) is 2. The summed E-state index contributed by atoms with van der Waals surface area (Å²) in [7, 11) is 3.83. The highest BCUT2D eigenvalue weighted by atomic mass is 32.1. The summed E-state index contributed by atoms with van der Waals surface area (Å²) < 4.78 is 76.4. The molecule has 19 nitrogen and oxygen atoms in total. The number of aliphatic hydroxyl groups excluding tert-OH is 2. The first-order chi connectivity index (χ1) is 36.8. The smallest absolute Gasteiger partial charge is 0.344 e. The molecule has 0 spiro atoms. The molecule has 1 heterocycles. The standard InChI is InChI=1S/C57H85NO18S/c1-37(23-64-32-48(59)34-75-55(61)36-74-50-20-21-54-52(22-50)56(62)51-14-12-13-15-53(51)77-54)65-24-38(2)66-25-39(3)67-26-40(4)68-27-41(5)69-28-42(6)70-29-43(7)71-30-44(8)72-31-45(9)73-33-49(60)35-76-57(63)46-16-18-47(19-17-46)58(10)11/h12-22,37-45,48-49,59-60H,23-36H2,1-11H3. The number of nitrogens with zero attached hydrogens (tertiary/aromatic N) is 1. The summed E-state index contributed by atoms with van der Waals surface area (Å²) >= 11 is 1.51. The van der Waals surface area contributed by atoms with E-state index in [-0.39, 0.29) is 100 Å². The summed E-state index contributed by atoms with van der Waals surface area (Å²) in [6, 6.07) is 19.6. The zero-order chi connectivity index (χ0) is 56.3. The first-order valence-electron chi connectivity index (χ1n) is 26.4. The van der Waals surface area contributed by atoms with Gasteiger partial charge in [-0.1, -0.05) is 12.1 Å². The van der Waals surface area contributed by atoms with E-state index in [0.717, 1.165) is 15.1 Å². The molecule has 0 amide bonds. The van der Waals surface area contributed by atoms with Gasteiger partial charge in [-0.2, -0.15) is 0 Å². The van der Waals surface area contributed by atoms with Gasteiger partial charge < -0.3 is 76.7 Å². The van der Waals surface area contributed by atoms with Gasteiger partial charge in [0.1, 0.15) is 31.2 Å². The number of ether oxygens (including phenoxy) is 13. The van der Waals surface area contributed by atoms with Gasteiger partial charge >= 0.3 is 11.9 Å². The van der Waals surface area contributed by atoms with Crippen LogP contribution in [-0.4, -0.2) is 196 Å². The van der Waals surface area contributed by atoms with Crippen LogP contribution in [-0.2, 0) is 61.6 Å². The van der Waals surface area contributed by atoms with Crippen molar-refractivity contribution >= 4 is 49.1 Å². The van der Waals surface area contributed by atoms with Crippen molar-refractivity contribution in [2.75, 3.05) is 111 Å². The minimum absolute atomic E-state index is 0.00293. The van der Waals surface area contributed by atoms with Crippen molar-refractivity contribution < 1.29 is 81.4 Å². The molecule has 0 fully saturated rings. The Morgan fingerprint density at radius 3 is 1.38 bits per heavy atom. The zero-order valence-electron chi connectivity index (χ0n) is 46.9. The minimum atomic E-state index is -1.04. The second-order valence-corrected chi connectivity index (χ2v) is 20.8. The zero-order valence-corrected chi connectivity index (χ0v) is 47.7. The Hall–Kier alpha value is -4.39. The fourth-order valence-corrected chi connectivity index (χ4v) is 8.02. The lowest BCUT2D eigenvalue weighted by Gasteiger charge is -2.23. The van der Waals surface area contributed by atoms with E-state index in [1.165, 1.54) is 11.3 Å². The van der Waals surface area contributed by atoms with E-state index in [1.807, 2.05) is 112 Å². The second kappa shape index (κ2) is 35.3. The van der Waals surface area contributed by atoms with E-state index in [9.17, 15) is 24.6 Å². The van der Waals surface area contributed by atoms with Crippen LogP contribution in [0.5, 0.6) is 5.75 Å². The molecule has 0 aliphatic rings. The van der Waals surface area contributed by atoms with Gasteiger partial charge in [0, 0.05) is 40.0 Å². The molecule has 432 valence electrons. The Morgan fingerprint density at radius 1 is 0.481 bits per heavy atom. The molecule has 11 atom stereocenters. The van der Waals surface area contributed by atoms with Gasteiger partial charge in [0.05, 0.1) is 133 Å². The Balaban J connectivity index is 0.928. The van der Waals surface area contributed by atoms with Crippen LogP contribution in [0.15, 0.2) is 71.5 Å². The molecular weight excluding hydrogens is 1020 g/mol. The maximum atomic E-state index is 13.0. The van der Waals surface area contributed by atoms with Crippen molar-refractivity contribution in [3.63, 3.8) is 0 Å². The van der Waals surface area contributed by atoms with Crippen molar-refractivity contribution in [3.05, 3.63) is 82.5 Å². The third-order valence-corrected chi connectivity index (χ3v) is 12.7. The Morgan fingerprint density at radius 2 is 0.896 bits per heavy atom. The van der Waals surface area contributed by atoms with E-state index in [4.69, 9.17) is 61.6 Å². The molecule has 1 aromatic heterocycles. The fraction of sp³-hybridized carbons (Fsp3) is 0.632. The number of esters is 2. The lowest BCUT2D eigenvalue weighted by Crippen LogP contribution is -2.31. The van der Waals surface area contributed by atoms with Gasteiger partial charge in [-0.15, -0.1) is 11.3 Å². The molecule has 0 aliphatic heterocycles. The molecule has 3 aromatic carbocycles. The molecule has 4 aromatic rings. The molecule has 11 unspecified atom stereocenters. The van der Waals surface area contributed by atoms with Gasteiger partial charge in [-0.25, -0.2) is 9.59 Å². The van der Waals surface area contributed by atoms with E-state index in [0.29, 0.717) is 74.9 Å². The summed E-state index contributed by atoms with van der Waals surface area (Å²) in [6.07, 6.45) is -3.79. The lowest BCUT2D eigenvalue weighted by molar-refractivity contribution is -0.150. The highest BCUT2D eigenvalue weighted by Gasteiger charge is 2.19. The van der Waals surface area contributed by atoms with Crippen molar-refractivity contribution in [2.24, 2.45) is 0 Å². The number of carbonyl (C=O) groups is 2. The molecule has 20 heteroatoms. The molecule has 0 radical (unpaired) electrons. The quantitative estimate of drug-likeness (QED) is 0.0353. The van der Waals surface area contributed by atoms with E-state index < -0.39 is 24.1 Å². The largest absolute Gasteiger partial charge is 0.482 e. The lowest BCUT2D eigenvalue weighted by atomic mass is 10.2. The van der Waals surface area contributed by atoms with Crippen LogP contribution in [0.3, 0.4) is 0 Å². The number of hydrogen-bond acceptors (Lipinski definition) is 20. The molecule has 0 bridgehead atoms. The van der Waals surface area contributed by atoms with Crippen LogP contribution in [0.4, 0.5) is 5.69 Å². The van der Waals surface area contributed by atoms with Gasteiger partial charge in [0.25, 0.3) is 0 Å². The van der Waals surface area contributed by atoms with Crippen molar-refractivity contribution in [2.45, 2.75) is 129 Å². The van der Waals surface area contributed by atoms with E-state index in [2.05, 4.69) is 0 Å². The highest BCUT2D eigenvalue weighted by molar-refractivity contribution is 7.24. The van der Waals surface area contributed by atoms with Crippen molar-refractivity contribution in [1.29, 1.82) is 0 Å². The number of carbonyl (C=O) groups excluding carboxylic acids is 2. The maximum Gasteiger partial charge on any atom is 0.344 e. The average Bonchev–Trinajstić information content (AvgIpc) is 3.43. The molecule has 2 N–H and O–H groups in total. The molecule has 0 aliphatic carbocycles. The summed E-state index contributed by atoms with van der Waals surface area (Å²) in [5.74, 6) is -0.801. The molecule has 77 heavy (non-hydrogen) atoms. The minimum Gasteiger partial charge on any atom is -0.482 e. The number of rotatable bonds is 40. The molecule has 0 saturated heterocycles. The predicted octanol–water partition coefficient (Wildman–Crippen LogP) is 6.64. The van der Waals surface area contributed by atoms with Crippen LogP contribution in [0.2, 0.25) is 0 Å². The van der Waals surface area contributed by atoms with E-state index in [1.54, 1.807) is 36.4 Å². The Labute approximate surface area is 458 Å². The normalized spacial score (nSPS) is 16.2. The molecule has 4 rings (SSSR count). The fourth-order valence-electron chi connectivity index (χ4n) is 6.97. The van der Waals surface area contributed by atoms with Gasteiger partial charge in [-0.05, 0) is 117 Å². The summed E-state index contributed by atoms with van der Waals surface area (Å²) in [5, 5.41) is 21.7. The second-order valence-electron chi connectivity index (χ2n) is 19.7. The Kier molecular flexibility index (Phi) is 29.8. The number of benzene rings is 3. The van der Waals surface area contributed by atoms with Crippen molar-refractivity contribution in [1.82, 2.24) is 0 Å². The number of anilines is 1. The summed E-state index contributed by atoms with van der Waals surface area (Å²) in [4.78, 5) is 39.5.